The van der Waals surface area contributed by atoms with Gasteiger partial charge in [0.15, 0.2) is 0 Å². The second kappa shape index (κ2) is 5.70. The molecule has 2 unspecified atom stereocenters. The summed E-state index contributed by atoms with van der Waals surface area (Å²) in [5.74, 6) is 0.921. The highest BCUT2D eigenvalue weighted by molar-refractivity contribution is 5.32. The van der Waals surface area contributed by atoms with Crippen LogP contribution in [0.5, 0.6) is 5.75 Å². The number of pyridine rings is 1. The van der Waals surface area contributed by atoms with Gasteiger partial charge in [0.25, 0.3) is 0 Å². The number of aliphatic hydroxyl groups excluding tert-OH is 1. The van der Waals surface area contributed by atoms with E-state index < -0.39 is 6.10 Å². The average Bonchev–Trinajstić information content (AvgIpc) is 2.94. The number of hydrogen-bond donors (Lipinski definition) is 1. The molecule has 2 atom stereocenters. The Hall–Kier alpha value is -1.13. The van der Waals surface area contributed by atoms with Gasteiger partial charge < -0.3 is 14.6 Å². The van der Waals surface area contributed by atoms with E-state index in [1.54, 1.807) is 19.5 Å². The van der Waals surface area contributed by atoms with E-state index in [1.165, 1.54) is 12.8 Å². The number of methoxy groups -OCH3 is 1. The van der Waals surface area contributed by atoms with Crippen LogP contribution in [0.1, 0.15) is 50.2 Å². The van der Waals surface area contributed by atoms with Crippen LogP contribution in [0.2, 0.25) is 0 Å². The summed E-state index contributed by atoms with van der Waals surface area (Å²) in [4.78, 5) is 4.05. The minimum Gasteiger partial charge on any atom is -0.495 e. The van der Waals surface area contributed by atoms with E-state index in [-0.39, 0.29) is 11.5 Å². The van der Waals surface area contributed by atoms with Crippen LogP contribution in [-0.4, -0.2) is 29.4 Å². The molecular weight excluding hydrogens is 254 g/mol. The fourth-order valence-electron chi connectivity index (χ4n) is 3.76. The molecule has 1 saturated heterocycles. The zero-order chi connectivity index (χ0) is 14.0. The molecule has 4 nitrogen and oxygen atoms in total. The van der Waals surface area contributed by atoms with Gasteiger partial charge >= 0.3 is 0 Å². The maximum absolute atomic E-state index is 10.7. The summed E-state index contributed by atoms with van der Waals surface area (Å²) in [5.41, 5.74) is 0.881. The smallest absolute Gasteiger partial charge is 0.142 e. The predicted octanol–water partition coefficient (Wildman–Crippen LogP) is 2.86. The van der Waals surface area contributed by atoms with Crippen molar-refractivity contribution in [1.29, 1.82) is 0 Å². The van der Waals surface area contributed by atoms with Gasteiger partial charge in [0.05, 0.1) is 25.0 Å². The van der Waals surface area contributed by atoms with Crippen LogP contribution in [-0.2, 0) is 4.74 Å². The normalized spacial score (nSPS) is 26.6. The third kappa shape index (κ3) is 2.54. The molecule has 3 rings (SSSR count). The highest BCUT2D eigenvalue weighted by Gasteiger charge is 2.42. The Morgan fingerprint density at radius 2 is 2.25 bits per heavy atom. The van der Waals surface area contributed by atoms with E-state index in [9.17, 15) is 5.11 Å². The SMILES string of the molecule is COc1cnccc1C(O)C1CCOC2(CCCC2)C1. The average molecular weight is 277 g/mol. The van der Waals surface area contributed by atoms with Crippen LogP contribution in [0.3, 0.4) is 0 Å². The number of ether oxygens (including phenoxy) is 2. The largest absolute Gasteiger partial charge is 0.495 e. The molecule has 20 heavy (non-hydrogen) atoms. The number of hydrogen-bond acceptors (Lipinski definition) is 4. The fourth-order valence-corrected chi connectivity index (χ4v) is 3.76. The molecule has 110 valence electrons. The number of aromatic nitrogens is 1. The summed E-state index contributed by atoms with van der Waals surface area (Å²) in [5, 5.41) is 10.7. The van der Waals surface area contributed by atoms with Gasteiger partial charge in [-0.05, 0) is 37.7 Å². The van der Waals surface area contributed by atoms with E-state index in [1.807, 2.05) is 6.07 Å². The third-order valence-electron chi connectivity index (χ3n) is 4.85. The van der Waals surface area contributed by atoms with Crippen LogP contribution in [0.15, 0.2) is 18.5 Å². The van der Waals surface area contributed by atoms with Crippen molar-refractivity contribution in [2.24, 2.45) is 5.92 Å². The lowest BCUT2D eigenvalue weighted by atomic mass is 9.80. The highest BCUT2D eigenvalue weighted by Crippen LogP contribution is 2.46. The van der Waals surface area contributed by atoms with Gasteiger partial charge in [-0.25, -0.2) is 0 Å². The van der Waals surface area contributed by atoms with Crippen molar-refractivity contribution in [2.75, 3.05) is 13.7 Å². The first-order chi connectivity index (χ1) is 9.74. The number of aliphatic hydroxyl groups is 1. The van der Waals surface area contributed by atoms with Gasteiger partial charge in [0, 0.05) is 18.4 Å². The Morgan fingerprint density at radius 3 is 3.00 bits per heavy atom. The molecule has 2 heterocycles. The van der Waals surface area contributed by atoms with Gasteiger partial charge in [-0.15, -0.1) is 0 Å². The van der Waals surface area contributed by atoms with Crippen LogP contribution >= 0.6 is 0 Å². The molecule has 0 amide bonds. The van der Waals surface area contributed by atoms with Gasteiger partial charge in [-0.3, -0.25) is 4.98 Å². The molecule has 1 aromatic rings. The van der Waals surface area contributed by atoms with Crippen LogP contribution in [0, 0.1) is 5.92 Å². The molecule has 0 radical (unpaired) electrons. The fraction of sp³-hybridized carbons (Fsp3) is 0.688. The molecule has 1 spiro atoms. The minimum absolute atomic E-state index is 0.0319. The van der Waals surface area contributed by atoms with Crippen LogP contribution in [0.25, 0.3) is 0 Å². The Bertz CT molecular complexity index is 457. The number of rotatable bonds is 3. The quantitative estimate of drug-likeness (QED) is 0.923. The maximum atomic E-state index is 10.7. The molecule has 1 saturated carbocycles. The van der Waals surface area contributed by atoms with Crippen molar-refractivity contribution >= 4 is 0 Å². The Balaban J connectivity index is 1.77. The summed E-state index contributed by atoms with van der Waals surface area (Å²) >= 11 is 0. The van der Waals surface area contributed by atoms with E-state index >= 15 is 0 Å². The summed E-state index contributed by atoms with van der Waals surface area (Å²) < 4.78 is 11.4. The molecule has 1 aliphatic carbocycles. The van der Waals surface area contributed by atoms with Crippen molar-refractivity contribution in [1.82, 2.24) is 4.98 Å². The Kier molecular flexibility index (Phi) is 3.94. The zero-order valence-corrected chi connectivity index (χ0v) is 12.0. The lowest BCUT2D eigenvalue weighted by Crippen LogP contribution is -2.39. The second-order valence-electron chi connectivity index (χ2n) is 6.05. The van der Waals surface area contributed by atoms with Crippen LogP contribution in [0.4, 0.5) is 0 Å². The van der Waals surface area contributed by atoms with E-state index in [0.29, 0.717) is 5.75 Å². The first kappa shape index (κ1) is 13.8. The maximum Gasteiger partial charge on any atom is 0.142 e. The van der Waals surface area contributed by atoms with Crippen LogP contribution < -0.4 is 4.74 Å². The standard InChI is InChI=1S/C16H23NO3/c1-19-14-11-17-8-4-13(14)15(18)12-5-9-20-16(10-12)6-2-3-7-16/h4,8,11-12,15,18H,2-3,5-7,9-10H2,1H3. The molecule has 4 heteroatoms. The topological polar surface area (TPSA) is 51.6 Å². The second-order valence-corrected chi connectivity index (χ2v) is 6.05. The first-order valence-corrected chi connectivity index (χ1v) is 7.54. The molecular formula is C16H23NO3. The highest BCUT2D eigenvalue weighted by atomic mass is 16.5. The van der Waals surface area contributed by atoms with Gasteiger partial charge in [0.2, 0.25) is 0 Å². The Morgan fingerprint density at radius 1 is 1.45 bits per heavy atom. The third-order valence-corrected chi connectivity index (χ3v) is 4.85. The minimum atomic E-state index is -0.491. The predicted molar refractivity (Wildman–Crippen MR) is 75.6 cm³/mol. The van der Waals surface area contributed by atoms with E-state index in [2.05, 4.69) is 4.98 Å². The molecule has 1 aliphatic heterocycles. The molecule has 1 aromatic heterocycles. The summed E-state index contributed by atoms with van der Waals surface area (Å²) in [6.45, 7) is 0.759. The van der Waals surface area contributed by atoms with E-state index in [4.69, 9.17) is 9.47 Å². The molecule has 0 aromatic carbocycles. The van der Waals surface area contributed by atoms with Crippen molar-refractivity contribution < 1.29 is 14.6 Å². The van der Waals surface area contributed by atoms with Crippen molar-refractivity contribution in [3.05, 3.63) is 24.0 Å². The number of nitrogens with zero attached hydrogens (tertiary/aromatic N) is 1. The zero-order valence-electron chi connectivity index (χ0n) is 12.0. The van der Waals surface area contributed by atoms with E-state index in [0.717, 1.165) is 37.9 Å². The van der Waals surface area contributed by atoms with Gasteiger partial charge in [-0.2, -0.15) is 0 Å². The van der Waals surface area contributed by atoms with Gasteiger partial charge in [-0.1, -0.05) is 12.8 Å². The molecule has 1 N–H and O–H groups in total. The lowest BCUT2D eigenvalue weighted by Gasteiger charge is -2.40. The molecule has 0 bridgehead atoms. The van der Waals surface area contributed by atoms with Crippen molar-refractivity contribution in [3.63, 3.8) is 0 Å². The monoisotopic (exact) mass is 277 g/mol. The molecule has 2 fully saturated rings. The summed E-state index contributed by atoms with van der Waals surface area (Å²) in [6.07, 6.45) is 9.55. The first-order valence-electron chi connectivity index (χ1n) is 7.54. The lowest BCUT2D eigenvalue weighted by molar-refractivity contribution is -0.113. The Labute approximate surface area is 120 Å². The van der Waals surface area contributed by atoms with Crippen molar-refractivity contribution in [2.45, 2.75) is 50.2 Å². The van der Waals surface area contributed by atoms with Gasteiger partial charge in [0.1, 0.15) is 5.75 Å². The summed E-state index contributed by atoms with van der Waals surface area (Å²) in [6, 6.07) is 1.86. The summed E-state index contributed by atoms with van der Waals surface area (Å²) in [7, 11) is 1.62. The van der Waals surface area contributed by atoms with Crippen molar-refractivity contribution in [3.8, 4) is 5.75 Å². The molecule has 2 aliphatic rings.